The number of nitrogens with one attached hydrogen (secondary N) is 1. The molecule has 186 valence electrons. The van der Waals surface area contributed by atoms with E-state index in [1.807, 2.05) is 24.3 Å². The van der Waals surface area contributed by atoms with Crippen molar-refractivity contribution in [3.63, 3.8) is 0 Å². The lowest BCUT2D eigenvalue weighted by Crippen LogP contribution is -2.55. The maximum Gasteiger partial charge on any atom is 0.232 e. The molecule has 2 aliphatic heterocycles. The maximum atomic E-state index is 13.7. The van der Waals surface area contributed by atoms with Gasteiger partial charge in [0.25, 0.3) is 0 Å². The lowest BCUT2D eigenvalue weighted by atomic mass is 9.86. The fraction of sp³-hybridized carbons (Fsp3) is 0.483. The Kier molecular flexibility index (Phi) is 7.43. The Morgan fingerprint density at radius 3 is 2.26 bits per heavy atom. The maximum absolute atomic E-state index is 13.7. The molecule has 0 aromatic heterocycles. The molecule has 0 unspecified atom stereocenters. The molecule has 0 spiro atoms. The number of likely N-dealkylation sites (N-methyl/N-ethyl adjacent to an activating group) is 1. The van der Waals surface area contributed by atoms with Crippen LogP contribution >= 0.6 is 23.2 Å². The summed E-state index contributed by atoms with van der Waals surface area (Å²) in [6, 6.07) is 11.1. The molecule has 3 aliphatic rings. The van der Waals surface area contributed by atoms with Crippen LogP contribution in [0.2, 0.25) is 10.0 Å². The van der Waals surface area contributed by atoms with Crippen LogP contribution in [0.5, 0.6) is 11.5 Å². The third-order valence-electron chi connectivity index (χ3n) is 7.90. The average Bonchev–Trinajstić information content (AvgIpc) is 2.81. The van der Waals surface area contributed by atoms with E-state index in [9.17, 15) is 4.79 Å². The third kappa shape index (κ3) is 5.71. The van der Waals surface area contributed by atoms with E-state index in [0.29, 0.717) is 21.5 Å². The van der Waals surface area contributed by atoms with Gasteiger partial charge >= 0.3 is 0 Å². The standard InChI is InChI=1S/C29H34Cl2N2O2/c1-33(19-20-7-5-3-2-4-6-8-20)15-13-23(14-16-33)32-29(34)28-24-17-21(30)9-11-26(24)35-27-12-10-22(31)18-25(27)28/h7,9-12,17-18,23,28H,2-6,8,13-16,19H2,1H3/p+1. The molecule has 6 heteroatoms. The summed E-state index contributed by atoms with van der Waals surface area (Å²) >= 11 is 12.6. The SMILES string of the molecule is C[N+]1(CC2=CCCCCCC2)CCC(NC(=O)C2c3cc(Cl)ccc3Oc3ccc(Cl)cc32)CC1. The van der Waals surface area contributed by atoms with E-state index in [4.69, 9.17) is 27.9 Å². The van der Waals surface area contributed by atoms with Gasteiger partial charge in [-0.2, -0.15) is 0 Å². The first kappa shape index (κ1) is 24.7. The smallest absolute Gasteiger partial charge is 0.232 e. The summed E-state index contributed by atoms with van der Waals surface area (Å²) in [6.45, 7) is 3.32. The number of quaternary nitrogens is 1. The molecule has 35 heavy (non-hydrogen) atoms. The molecule has 4 nitrogen and oxygen atoms in total. The second-order valence-corrected chi connectivity index (χ2v) is 11.6. The molecule has 0 atom stereocenters. The fourth-order valence-corrected chi connectivity index (χ4v) is 6.28. The number of fused-ring (bicyclic) bond motifs is 2. The Balaban J connectivity index is 1.28. The number of likely N-dealkylation sites (tertiary alicyclic amines) is 1. The van der Waals surface area contributed by atoms with Gasteiger partial charge in [0.2, 0.25) is 5.91 Å². The van der Waals surface area contributed by atoms with Crippen molar-refractivity contribution >= 4 is 29.1 Å². The number of rotatable bonds is 4. The van der Waals surface area contributed by atoms with E-state index >= 15 is 0 Å². The highest BCUT2D eigenvalue weighted by Crippen LogP contribution is 2.46. The summed E-state index contributed by atoms with van der Waals surface area (Å²) in [4.78, 5) is 13.7. The van der Waals surface area contributed by atoms with E-state index in [-0.39, 0.29) is 11.9 Å². The van der Waals surface area contributed by atoms with Crippen LogP contribution in [0.1, 0.15) is 68.4 Å². The molecule has 2 aromatic carbocycles. The summed E-state index contributed by atoms with van der Waals surface area (Å²) in [6.07, 6.45) is 12.4. The predicted octanol–water partition coefficient (Wildman–Crippen LogP) is 7.24. The van der Waals surface area contributed by atoms with Crippen molar-refractivity contribution < 1.29 is 14.0 Å². The van der Waals surface area contributed by atoms with Crippen LogP contribution in [0, 0.1) is 0 Å². The number of piperidine rings is 1. The van der Waals surface area contributed by atoms with Gasteiger partial charge in [-0.15, -0.1) is 0 Å². The van der Waals surface area contributed by atoms with Crippen molar-refractivity contribution in [2.45, 2.75) is 63.3 Å². The number of amides is 1. The van der Waals surface area contributed by atoms with Crippen LogP contribution in [0.15, 0.2) is 48.0 Å². The van der Waals surface area contributed by atoms with Crippen molar-refractivity contribution in [1.82, 2.24) is 5.32 Å². The van der Waals surface area contributed by atoms with Gasteiger partial charge in [0.05, 0.1) is 26.1 Å². The fourth-order valence-electron chi connectivity index (χ4n) is 5.91. The zero-order chi connectivity index (χ0) is 24.4. The highest BCUT2D eigenvalue weighted by atomic mass is 35.5. The van der Waals surface area contributed by atoms with Crippen LogP contribution in [0.3, 0.4) is 0 Å². The molecule has 1 aliphatic carbocycles. The van der Waals surface area contributed by atoms with Gasteiger partial charge in [-0.25, -0.2) is 0 Å². The number of benzene rings is 2. The molecule has 1 fully saturated rings. The number of hydrogen-bond acceptors (Lipinski definition) is 2. The second-order valence-electron chi connectivity index (χ2n) is 10.7. The van der Waals surface area contributed by atoms with Gasteiger partial charge in [0.1, 0.15) is 18.0 Å². The minimum Gasteiger partial charge on any atom is -0.457 e. The summed E-state index contributed by atoms with van der Waals surface area (Å²) < 4.78 is 7.14. The first-order chi connectivity index (χ1) is 16.9. The summed E-state index contributed by atoms with van der Waals surface area (Å²) in [5.74, 6) is 0.840. The predicted molar refractivity (Wildman–Crippen MR) is 143 cm³/mol. The van der Waals surface area contributed by atoms with Gasteiger partial charge in [-0.05, 0) is 67.7 Å². The first-order valence-corrected chi connectivity index (χ1v) is 13.7. The van der Waals surface area contributed by atoms with Crippen molar-refractivity contribution in [2.24, 2.45) is 0 Å². The molecule has 5 rings (SSSR count). The van der Waals surface area contributed by atoms with Crippen LogP contribution in [-0.4, -0.2) is 43.1 Å². The summed E-state index contributed by atoms with van der Waals surface area (Å²) in [7, 11) is 2.38. The number of carbonyl (C=O) groups excluding carboxylic acids is 1. The van der Waals surface area contributed by atoms with Crippen LogP contribution in [0.25, 0.3) is 0 Å². The first-order valence-electron chi connectivity index (χ1n) is 13.0. The molecule has 2 heterocycles. The van der Waals surface area contributed by atoms with Crippen LogP contribution < -0.4 is 10.1 Å². The van der Waals surface area contributed by atoms with Gasteiger partial charge in [-0.3, -0.25) is 4.79 Å². The Labute approximate surface area is 218 Å². The molecule has 0 radical (unpaired) electrons. The van der Waals surface area contributed by atoms with Gasteiger partial charge in [0, 0.05) is 40.1 Å². The van der Waals surface area contributed by atoms with Crippen molar-refractivity contribution in [2.75, 3.05) is 26.7 Å². The normalized spacial score (nSPS) is 24.8. The minimum absolute atomic E-state index is 0.0100. The van der Waals surface area contributed by atoms with E-state index < -0.39 is 5.92 Å². The Hall–Kier alpha value is -2.01. The number of allylic oxidation sites excluding steroid dienone is 1. The Morgan fingerprint density at radius 1 is 0.971 bits per heavy atom. The second kappa shape index (κ2) is 10.5. The lowest BCUT2D eigenvalue weighted by Gasteiger charge is -2.42. The number of ether oxygens (including phenoxy) is 1. The third-order valence-corrected chi connectivity index (χ3v) is 8.37. The molecular formula is C29H35Cl2N2O2+. The zero-order valence-electron chi connectivity index (χ0n) is 20.5. The zero-order valence-corrected chi connectivity index (χ0v) is 22.0. The average molecular weight is 515 g/mol. The monoisotopic (exact) mass is 513 g/mol. The van der Waals surface area contributed by atoms with E-state index in [1.165, 1.54) is 38.5 Å². The summed E-state index contributed by atoms with van der Waals surface area (Å²) in [5.41, 5.74) is 3.22. The van der Waals surface area contributed by atoms with Crippen LogP contribution in [0.4, 0.5) is 0 Å². The highest BCUT2D eigenvalue weighted by Gasteiger charge is 2.36. The van der Waals surface area contributed by atoms with Gasteiger partial charge in [0.15, 0.2) is 0 Å². The van der Waals surface area contributed by atoms with Crippen molar-refractivity contribution in [3.05, 3.63) is 69.2 Å². The topological polar surface area (TPSA) is 38.3 Å². The Bertz CT molecular complexity index is 1070. The Morgan fingerprint density at radius 2 is 1.60 bits per heavy atom. The number of carbonyl (C=O) groups is 1. The van der Waals surface area contributed by atoms with Crippen molar-refractivity contribution in [1.29, 1.82) is 0 Å². The number of hydrogen-bond donors (Lipinski definition) is 1. The molecule has 0 bridgehead atoms. The largest absolute Gasteiger partial charge is 0.457 e. The van der Waals surface area contributed by atoms with E-state index in [1.54, 1.807) is 17.7 Å². The van der Waals surface area contributed by atoms with E-state index in [2.05, 4.69) is 18.4 Å². The van der Waals surface area contributed by atoms with E-state index in [0.717, 1.165) is 48.1 Å². The quantitative estimate of drug-likeness (QED) is 0.345. The van der Waals surface area contributed by atoms with Gasteiger partial charge < -0.3 is 14.5 Å². The van der Waals surface area contributed by atoms with Crippen molar-refractivity contribution in [3.8, 4) is 11.5 Å². The van der Waals surface area contributed by atoms with Gasteiger partial charge in [-0.1, -0.05) is 42.1 Å². The number of halogens is 2. The number of nitrogens with zero attached hydrogens (tertiary/aromatic N) is 1. The highest BCUT2D eigenvalue weighted by molar-refractivity contribution is 6.31. The van der Waals surface area contributed by atoms with Crippen LogP contribution in [-0.2, 0) is 4.79 Å². The lowest BCUT2D eigenvalue weighted by molar-refractivity contribution is -0.910. The minimum atomic E-state index is -0.492. The molecule has 0 saturated carbocycles. The molecule has 1 amide bonds. The molecule has 2 aromatic rings. The summed E-state index contributed by atoms with van der Waals surface area (Å²) in [5, 5.41) is 4.54. The molecule has 1 N–H and O–H groups in total. The molecular weight excluding hydrogens is 479 g/mol. The molecule has 1 saturated heterocycles.